The lowest BCUT2D eigenvalue weighted by atomic mass is 10.1. The van der Waals surface area contributed by atoms with Crippen LogP contribution in [0.4, 0.5) is 5.69 Å². The zero-order valence-corrected chi connectivity index (χ0v) is 20.1. The summed E-state index contributed by atoms with van der Waals surface area (Å²) in [6.45, 7) is -0.0735. The van der Waals surface area contributed by atoms with Crippen molar-refractivity contribution in [2.45, 2.75) is 17.7 Å². The summed E-state index contributed by atoms with van der Waals surface area (Å²) in [4.78, 5) is 12.7. The van der Waals surface area contributed by atoms with Gasteiger partial charge in [0.2, 0.25) is 5.91 Å². The van der Waals surface area contributed by atoms with Crippen LogP contribution in [0.2, 0.25) is 15.1 Å². The number of benzene rings is 3. The van der Waals surface area contributed by atoms with Gasteiger partial charge in [0.1, 0.15) is 6.54 Å². The van der Waals surface area contributed by atoms with Gasteiger partial charge >= 0.3 is 0 Å². The van der Waals surface area contributed by atoms with Crippen LogP contribution in [0, 0.1) is 0 Å². The average molecular weight is 512 g/mol. The zero-order valence-electron chi connectivity index (χ0n) is 17.0. The van der Waals surface area contributed by atoms with E-state index in [0.29, 0.717) is 24.4 Å². The number of hydrogen-bond acceptors (Lipinski definition) is 3. The fraction of sp³-hybridized carbons (Fsp3) is 0.174. The number of amides is 1. The first-order valence-corrected chi connectivity index (χ1v) is 12.4. The number of sulfonamides is 1. The Morgan fingerprint density at radius 3 is 2.22 bits per heavy atom. The van der Waals surface area contributed by atoms with Gasteiger partial charge in [-0.2, -0.15) is 0 Å². The normalized spacial score (nSPS) is 11.2. The first kappa shape index (κ1) is 24.4. The molecule has 0 fully saturated rings. The predicted molar refractivity (Wildman–Crippen MR) is 130 cm³/mol. The van der Waals surface area contributed by atoms with Crippen molar-refractivity contribution >= 4 is 56.4 Å². The summed E-state index contributed by atoms with van der Waals surface area (Å²) >= 11 is 18.5. The molecule has 0 atom stereocenters. The maximum absolute atomic E-state index is 13.3. The van der Waals surface area contributed by atoms with Crippen molar-refractivity contribution in [1.82, 2.24) is 5.32 Å². The summed E-state index contributed by atoms with van der Waals surface area (Å²) in [6.07, 6.45) is 1.34. The van der Waals surface area contributed by atoms with Gasteiger partial charge in [0, 0.05) is 11.6 Å². The van der Waals surface area contributed by atoms with E-state index in [1.807, 2.05) is 24.3 Å². The van der Waals surface area contributed by atoms with Crippen LogP contribution in [0.3, 0.4) is 0 Å². The van der Waals surface area contributed by atoms with E-state index in [2.05, 4.69) is 5.32 Å². The first-order chi connectivity index (χ1) is 15.3. The number of rotatable bonds is 9. The van der Waals surface area contributed by atoms with Gasteiger partial charge in [0.05, 0.1) is 20.6 Å². The van der Waals surface area contributed by atoms with Crippen LogP contribution in [-0.4, -0.2) is 27.4 Å². The van der Waals surface area contributed by atoms with Gasteiger partial charge in [-0.15, -0.1) is 0 Å². The molecule has 1 amide bonds. The monoisotopic (exact) mass is 510 g/mol. The molecule has 0 spiro atoms. The van der Waals surface area contributed by atoms with Gasteiger partial charge < -0.3 is 5.32 Å². The molecule has 32 heavy (non-hydrogen) atoms. The van der Waals surface area contributed by atoms with Gasteiger partial charge in [-0.05, 0) is 48.7 Å². The van der Waals surface area contributed by atoms with Crippen LogP contribution < -0.4 is 9.62 Å². The molecule has 0 radical (unpaired) electrons. The summed E-state index contributed by atoms with van der Waals surface area (Å²) < 4.78 is 27.6. The van der Waals surface area contributed by atoms with E-state index < -0.39 is 22.5 Å². The zero-order chi connectivity index (χ0) is 23.1. The summed E-state index contributed by atoms with van der Waals surface area (Å²) in [5.41, 5.74) is 1.12. The Morgan fingerprint density at radius 1 is 0.844 bits per heavy atom. The third-order valence-electron chi connectivity index (χ3n) is 4.72. The van der Waals surface area contributed by atoms with Crippen molar-refractivity contribution in [3.8, 4) is 0 Å². The SMILES string of the molecule is O=C(CN(c1cccc(Cl)c1Cl)S(=O)(=O)c1ccccc1)NCCCc1ccccc1Cl. The van der Waals surface area contributed by atoms with E-state index in [0.717, 1.165) is 9.87 Å². The fourth-order valence-electron chi connectivity index (χ4n) is 3.10. The van der Waals surface area contributed by atoms with Crippen molar-refractivity contribution < 1.29 is 13.2 Å². The van der Waals surface area contributed by atoms with Crippen molar-refractivity contribution in [1.29, 1.82) is 0 Å². The molecule has 0 aliphatic carbocycles. The lowest BCUT2D eigenvalue weighted by Crippen LogP contribution is -2.41. The number of nitrogens with zero attached hydrogens (tertiary/aromatic N) is 1. The highest BCUT2D eigenvalue weighted by Crippen LogP contribution is 2.35. The first-order valence-electron chi connectivity index (χ1n) is 9.82. The van der Waals surface area contributed by atoms with E-state index in [9.17, 15) is 13.2 Å². The maximum Gasteiger partial charge on any atom is 0.264 e. The molecule has 3 aromatic rings. The lowest BCUT2D eigenvalue weighted by molar-refractivity contribution is -0.119. The number of carbonyl (C=O) groups excluding carboxylic acids is 1. The molecular formula is C23H21Cl3N2O3S. The molecule has 3 aromatic carbocycles. The Kier molecular flexibility index (Phi) is 8.43. The second kappa shape index (κ2) is 11.1. The molecule has 0 aliphatic rings. The van der Waals surface area contributed by atoms with Crippen LogP contribution in [0.15, 0.2) is 77.7 Å². The molecule has 0 saturated carbocycles. The number of hydrogen-bond donors (Lipinski definition) is 1. The van der Waals surface area contributed by atoms with Crippen LogP contribution in [0.25, 0.3) is 0 Å². The summed E-state index contributed by atoms with van der Waals surface area (Å²) in [7, 11) is -4.06. The van der Waals surface area contributed by atoms with E-state index in [1.165, 1.54) is 18.2 Å². The van der Waals surface area contributed by atoms with Gasteiger partial charge in [0.25, 0.3) is 10.0 Å². The molecule has 0 aliphatic heterocycles. The van der Waals surface area contributed by atoms with Crippen molar-refractivity contribution in [2.24, 2.45) is 0 Å². The van der Waals surface area contributed by atoms with E-state index in [1.54, 1.807) is 30.3 Å². The molecule has 5 nitrogen and oxygen atoms in total. The molecule has 3 rings (SSSR count). The van der Waals surface area contributed by atoms with Crippen molar-refractivity contribution in [2.75, 3.05) is 17.4 Å². The number of aryl methyl sites for hydroxylation is 1. The molecular weight excluding hydrogens is 491 g/mol. The molecule has 0 heterocycles. The van der Waals surface area contributed by atoms with Gasteiger partial charge in [-0.25, -0.2) is 8.42 Å². The quantitative estimate of drug-likeness (QED) is 0.381. The third kappa shape index (κ3) is 5.95. The van der Waals surface area contributed by atoms with Crippen molar-refractivity contribution in [3.63, 3.8) is 0 Å². The van der Waals surface area contributed by atoms with Crippen LogP contribution in [0.1, 0.15) is 12.0 Å². The summed E-state index contributed by atoms with van der Waals surface area (Å²) in [5.74, 6) is -0.459. The van der Waals surface area contributed by atoms with Crippen LogP contribution in [0.5, 0.6) is 0 Å². The van der Waals surface area contributed by atoms with Crippen LogP contribution >= 0.6 is 34.8 Å². The van der Waals surface area contributed by atoms with Gasteiger partial charge in [-0.1, -0.05) is 77.3 Å². The highest BCUT2D eigenvalue weighted by Gasteiger charge is 2.29. The smallest absolute Gasteiger partial charge is 0.264 e. The Balaban J connectivity index is 1.75. The van der Waals surface area contributed by atoms with E-state index in [-0.39, 0.29) is 20.6 Å². The standard InChI is InChI=1S/C23H21Cl3N2O3S/c24-19-12-5-4-8-17(19)9-7-15-27-22(29)16-28(21-14-6-13-20(25)23(21)26)32(30,31)18-10-2-1-3-11-18/h1-6,8,10-14H,7,9,15-16H2,(H,27,29). The van der Waals surface area contributed by atoms with Crippen LogP contribution in [-0.2, 0) is 21.2 Å². The van der Waals surface area contributed by atoms with E-state index in [4.69, 9.17) is 34.8 Å². The Morgan fingerprint density at radius 2 is 1.50 bits per heavy atom. The summed E-state index contributed by atoms with van der Waals surface area (Å²) in [6, 6.07) is 20.0. The molecule has 0 aromatic heterocycles. The fourth-order valence-corrected chi connectivity index (χ4v) is 5.23. The number of carbonyl (C=O) groups is 1. The molecule has 1 N–H and O–H groups in total. The molecule has 9 heteroatoms. The second-order valence-corrected chi connectivity index (χ2v) is 10.00. The topological polar surface area (TPSA) is 66.5 Å². The van der Waals surface area contributed by atoms with Crippen molar-refractivity contribution in [3.05, 3.63) is 93.4 Å². The van der Waals surface area contributed by atoms with E-state index >= 15 is 0 Å². The minimum absolute atomic E-state index is 0.0440. The highest BCUT2D eigenvalue weighted by molar-refractivity contribution is 7.92. The summed E-state index contributed by atoms with van der Waals surface area (Å²) in [5, 5.41) is 3.69. The highest BCUT2D eigenvalue weighted by atomic mass is 35.5. The predicted octanol–water partition coefficient (Wildman–Crippen LogP) is 5.59. The lowest BCUT2D eigenvalue weighted by Gasteiger charge is -2.25. The number of nitrogens with one attached hydrogen (secondary N) is 1. The minimum atomic E-state index is -4.06. The third-order valence-corrected chi connectivity index (χ3v) is 7.67. The largest absolute Gasteiger partial charge is 0.355 e. The molecule has 0 saturated heterocycles. The Labute approximate surface area is 203 Å². The van der Waals surface area contributed by atoms with Gasteiger partial charge in [0.15, 0.2) is 0 Å². The second-order valence-electron chi connectivity index (χ2n) is 6.94. The Bertz CT molecular complexity index is 1190. The molecule has 168 valence electrons. The number of halogens is 3. The van der Waals surface area contributed by atoms with Gasteiger partial charge in [-0.3, -0.25) is 9.10 Å². The average Bonchev–Trinajstić information content (AvgIpc) is 2.79. The Hall–Kier alpha value is -2.25. The minimum Gasteiger partial charge on any atom is -0.355 e. The molecule has 0 bridgehead atoms. The number of anilines is 1. The molecule has 0 unspecified atom stereocenters. The maximum atomic E-state index is 13.3.